The molecule has 0 saturated carbocycles. The van der Waals surface area contributed by atoms with Crippen molar-refractivity contribution in [3.05, 3.63) is 46.2 Å². The number of thiophene rings is 1. The molecule has 2 aromatic rings. The third-order valence-corrected chi connectivity index (χ3v) is 4.70. The van der Waals surface area contributed by atoms with E-state index >= 15 is 0 Å². The highest BCUT2D eigenvalue weighted by atomic mass is 32.1. The Labute approximate surface area is 156 Å². The number of carbonyl (C=O) groups excluding carboxylic acids is 2. The summed E-state index contributed by atoms with van der Waals surface area (Å²) in [6.07, 6.45) is -0.358. The normalized spacial score (nSPS) is 13.5. The summed E-state index contributed by atoms with van der Waals surface area (Å²) in [7, 11) is 0. The smallest absolute Gasteiger partial charge is 0.349 e. The predicted molar refractivity (Wildman–Crippen MR) is 97.4 cm³/mol. The highest BCUT2D eigenvalue weighted by molar-refractivity contribution is 7.11. The van der Waals surface area contributed by atoms with Gasteiger partial charge >= 0.3 is 5.97 Å². The molecular weight excluding hydrogens is 354 g/mol. The number of hydrogen-bond donors (Lipinski definition) is 1. The van der Waals surface area contributed by atoms with Crippen molar-refractivity contribution < 1.29 is 23.8 Å². The van der Waals surface area contributed by atoms with Gasteiger partial charge in [-0.15, -0.1) is 11.3 Å². The fourth-order valence-electron chi connectivity index (χ4n) is 2.57. The Hall–Kier alpha value is -2.54. The lowest BCUT2D eigenvalue weighted by molar-refractivity contribution is -0.130. The van der Waals surface area contributed by atoms with E-state index in [2.05, 4.69) is 5.32 Å². The van der Waals surface area contributed by atoms with Gasteiger partial charge in [0, 0.05) is 6.54 Å². The van der Waals surface area contributed by atoms with E-state index in [1.54, 1.807) is 17.5 Å². The van der Waals surface area contributed by atoms with E-state index in [9.17, 15) is 9.59 Å². The van der Waals surface area contributed by atoms with Gasteiger partial charge in [0.2, 0.25) is 6.79 Å². The van der Waals surface area contributed by atoms with Gasteiger partial charge in [-0.1, -0.05) is 26.0 Å². The number of amides is 1. The predicted octanol–water partition coefficient (Wildman–Crippen LogP) is 3.36. The molecule has 2 heterocycles. The molecule has 6 nitrogen and oxygen atoms in total. The first-order valence-corrected chi connectivity index (χ1v) is 9.31. The van der Waals surface area contributed by atoms with Crippen LogP contribution in [0.1, 0.15) is 35.5 Å². The van der Waals surface area contributed by atoms with E-state index in [-0.39, 0.29) is 18.6 Å². The Balaban J connectivity index is 1.60. The number of esters is 1. The lowest BCUT2D eigenvalue weighted by Gasteiger charge is -2.19. The highest BCUT2D eigenvalue weighted by Crippen LogP contribution is 2.32. The number of carbonyl (C=O) groups is 2. The molecule has 0 radical (unpaired) electrons. The van der Waals surface area contributed by atoms with Gasteiger partial charge in [-0.05, 0) is 41.5 Å². The Bertz CT molecular complexity index is 772. The molecule has 1 atom stereocenters. The topological polar surface area (TPSA) is 73.9 Å². The van der Waals surface area contributed by atoms with E-state index in [0.29, 0.717) is 29.3 Å². The summed E-state index contributed by atoms with van der Waals surface area (Å²) in [6.45, 7) is 4.50. The van der Waals surface area contributed by atoms with Crippen molar-refractivity contribution in [2.45, 2.75) is 32.9 Å². The van der Waals surface area contributed by atoms with E-state index in [4.69, 9.17) is 14.2 Å². The van der Waals surface area contributed by atoms with Crippen LogP contribution in [-0.4, -0.2) is 24.8 Å². The highest BCUT2D eigenvalue weighted by Gasteiger charge is 2.25. The molecule has 26 heavy (non-hydrogen) atoms. The van der Waals surface area contributed by atoms with Crippen LogP contribution in [0, 0.1) is 5.92 Å². The molecule has 1 N–H and O–H groups in total. The molecule has 0 aliphatic carbocycles. The van der Waals surface area contributed by atoms with Gasteiger partial charge in [0.25, 0.3) is 5.91 Å². The zero-order chi connectivity index (χ0) is 18.5. The molecule has 1 aromatic carbocycles. The maximum atomic E-state index is 12.5. The number of rotatable bonds is 7. The first-order valence-electron chi connectivity index (χ1n) is 8.43. The van der Waals surface area contributed by atoms with Crippen molar-refractivity contribution in [1.29, 1.82) is 0 Å². The summed E-state index contributed by atoms with van der Waals surface area (Å²) >= 11 is 1.29. The Morgan fingerprint density at radius 3 is 2.77 bits per heavy atom. The van der Waals surface area contributed by atoms with E-state index in [1.807, 2.05) is 32.0 Å². The summed E-state index contributed by atoms with van der Waals surface area (Å²) in [5.41, 5.74) is 0.885. The molecule has 138 valence electrons. The van der Waals surface area contributed by atoms with Crippen LogP contribution in [0.3, 0.4) is 0 Å². The molecule has 1 aromatic heterocycles. The van der Waals surface area contributed by atoms with Crippen molar-refractivity contribution in [2.75, 3.05) is 6.79 Å². The third kappa shape index (κ3) is 4.54. The molecule has 0 unspecified atom stereocenters. The van der Waals surface area contributed by atoms with Gasteiger partial charge in [0.1, 0.15) is 4.88 Å². The lowest BCUT2D eigenvalue weighted by Crippen LogP contribution is -2.38. The van der Waals surface area contributed by atoms with Crippen LogP contribution in [0.4, 0.5) is 0 Å². The van der Waals surface area contributed by atoms with Crippen molar-refractivity contribution in [2.24, 2.45) is 5.92 Å². The average molecular weight is 375 g/mol. The number of benzene rings is 1. The number of fused-ring (bicyclic) bond motifs is 1. The Kier molecular flexibility index (Phi) is 5.78. The standard InChI is InChI=1S/C19H21NO5S/c1-12(2)8-16(25-19(22)17-4-3-7-26-17)18(21)20-10-13-5-6-14-15(9-13)24-11-23-14/h3-7,9,12,16H,8,10-11H2,1-2H3,(H,20,21)/t16-/m0/s1. The third-order valence-electron chi connectivity index (χ3n) is 3.85. The SMILES string of the molecule is CC(C)C[C@H](OC(=O)c1cccs1)C(=O)NCc1ccc2c(c1)OCO2. The average Bonchev–Trinajstić information content (AvgIpc) is 3.29. The zero-order valence-electron chi connectivity index (χ0n) is 14.7. The van der Waals surface area contributed by atoms with Crippen LogP contribution in [0.25, 0.3) is 0 Å². The number of ether oxygens (including phenoxy) is 3. The second-order valence-electron chi connectivity index (χ2n) is 6.41. The maximum absolute atomic E-state index is 12.5. The monoisotopic (exact) mass is 375 g/mol. The minimum atomic E-state index is -0.821. The minimum Gasteiger partial charge on any atom is -0.454 e. The van der Waals surface area contributed by atoms with E-state index in [1.165, 1.54) is 11.3 Å². The molecule has 1 aliphatic rings. The molecule has 3 rings (SSSR count). The van der Waals surface area contributed by atoms with Crippen molar-refractivity contribution in [3.63, 3.8) is 0 Å². The lowest BCUT2D eigenvalue weighted by atomic mass is 10.1. The summed E-state index contributed by atoms with van der Waals surface area (Å²) in [4.78, 5) is 25.2. The van der Waals surface area contributed by atoms with Gasteiger partial charge in [-0.2, -0.15) is 0 Å². The second-order valence-corrected chi connectivity index (χ2v) is 7.35. The van der Waals surface area contributed by atoms with Crippen LogP contribution in [0.5, 0.6) is 11.5 Å². The van der Waals surface area contributed by atoms with Gasteiger partial charge in [0.05, 0.1) is 0 Å². The summed E-state index contributed by atoms with van der Waals surface area (Å²) < 4.78 is 16.1. The number of hydrogen-bond acceptors (Lipinski definition) is 6. The van der Waals surface area contributed by atoms with Crippen molar-refractivity contribution in [3.8, 4) is 11.5 Å². The molecule has 1 aliphatic heterocycles. The van der Waals surface area contributed by atoms with Gasteiger partial charge in [-0.3, -0.25) is 4.79 Å². The molecule has 0 bridgehead atoms. The first kappa shape index (κ1) is 18.3. The summed E-state index contributed by atoms with van der Waals surface area (Å²) in [5.74, 6) is 0.805. The van der Waals surface area contributed by atoms with Crippen LogP contribution >= 0.6 is 11.3 Å². The molecule has 0 saturated heterocycles. The molecule has 0 spiro atoms. The summed E-state index contributed by atoms with van der Waals surface area (Å²) in [5, 5.41) is 4.64. The minimum absolute atomic E-state index is 0.209. The van der Waals surface area contributed by atoms with Gasteiger partial charge in [0.15, 0.2) is 17.6 Å². The fourth-order valence-corrected chi connectivity index (χ4v) is 3.18. The van der Waals surface area contributed by atoms with E-state index < -0.39 is 12.1 Å². The van der Waals surface area contributed by atoms with Crippen LogP contribution in [0.15, 0.2) is 35.7 Å². The fraction of sp³-hybridized carbons (Fsp3) is 0.368. The Morgan fingerprint density at radius 1 is 1.23 bits per heavy atom. The maximum Gasteiger partial charge on any atom is 0.349 e. The van der Waals surface area contributed by atoms with Gasteiger partial charge < -0.3 is 19.5 Å². The van der Waals surface area contributed by atoms with Crippen LogP contribution in [-0.2, 0) is 16.1 Å². The molecule has 0 fully saturated rings. The summed E-state index contributed by atoms with van der Waals surface area (Å²) in [6, 6.07) is 8.97. The Morgan fingerprint density at radius 2 is 2.04 bits per heavy atom. The van der Waals surface area contributed by atoms with Crippen LogP contribution in [0.2, 0.25) is 0 Å². The molecule has 7 heteroatoms. The molecular formula is C19H21NO5S. The second kappa shape index (κ2) is 8.23. The first-order chi connectivity index (χ1) is 12.5. The van der Waals surface area contributed by atoms with Crippen molar-refractivity contribution in [1.82, 2.24) is 5.32 Å². The number of nitrogens with one attached hydrogen (secondary N) is 1. The van der Waals surface area contributed by atoms with Gasteiger partial charge in [-0.25, -0.2) is 4.79 Å². The largest absolute Gasteiger partial charge is 0.454 e. The van der Waals surface area contributed by atoms with E-state index in [0.717, 1.165) is 5.56 Å². The van der Waals surface area contributed by atoms with Crippen LogP contribution < -0.4 is 14.8 Å². The van der Waals surface area contributed by atoms with Crippen molar-refractivity contribution >= 4 is 23.2 Å². The zero-order valence-corrected chi connectivity index (χ0v) is 15.5. The quantitative estimate of drug-likeness (QED) is 0.751. The molecule has 1 amide bonds.